The SMILES string of the molecule is Cl.NCc1c[nH]c(=S)n1C1CCc2cc(Cl)c(Cl)cc2C1. The molecule has 3 nitrogen and oxygen atoms in total. The summed E-state index contributed by atoms with van der Waals surface area (Å²) in [5.41, 5.74) is 9.36. The monoisotopic (exact) mass is 363 g/mol. The first-order valence-corrected chi connectivity index (χ1v) is 7.72. The summed E-state index contributed by atoms with van der Waals surface area (Å²) in [4.78, 5) is 3.08. The minimum Gasteiger partial charge on any atom is -0.337 e. The van der Waals surface area contributed by atoms with Crippen molar-refractivity contribution in [2.75, 3.05) is 0 Å². The fourth-order valence-electron chi connectivity index (χ4n) is 2.92. The van der Waals surface area contributed by atoms with Crippen LogP contribution in [-0.2, 0) is 19.4 Å². The molecule has 0 radical (unpaired) electrons. The predicted molar refractivity (Wildman–Crippen MR) is 92.3 cm³/mol. The molecular formula is C14H16Cl3N3S. The van der Waals surface area contributed by atoms with Crippen molar-refractivity contribution < 1.29 is 0 Å². The Kier molecular flexibility index (Phi) is 5.38. The molecule has 0 aliphatic heterocycles. The Morgan fingerprint density at radius 1 is 1.29 bits per heavy atom. The summed E-state index contributed by atoms with van der Waals surface area (Å²) in [6, 6.07) is 4.29. The molecule has 114 valence electrons. The lowest BCUT2D eigenvalue weighted by molar-refractivity contribution is 0.427. The number of aromatic amines is 1. The van der Waals surface area contributed by atoms with Gasteiger partial charge in [-0.05, 0) is 54.7 Å². The van der Waals surface area contributed by atoms with Gasteiger partial charge >= 0.3 is 0 Å². The number of halogens is 3. The minimum atomic E-state index is 0. The molecule has 3 N–H and O–H groups in total. The number of rotatable bonds is 2. The number of aryl methyl sites for hydroxylation is 1. The standard InChI is InChI=1S/C14H15Cl2N3S.ClH/c15-12-4-8-1-2-10(3-9(8)5-13(12)16)19-11(6-17)7-18-14(19)20;/h4-5,7,10H,1-3,6,17H2,(H,18,20);1H. The number of benzene rings is 1. The van der Waals surface area contributed by atoms with Crippen LogP contribution in [0.5, 0.6) is 0 Å². The molecule has 3 rings (SSSR count). The maximum atomic E-state index is 6.12. The van der Waals surface area contributed by atoms with Gasteiger partial charge in [0, 0.05) is 18.8 Å². The Hall–Kier alpha value is -0.520. The Morgan fingerprint density at radius 3 is 2.62 bits per heavy atom. The van der Waals surface area contributed by atoms with Gasteiger partial charge in [0.1, 0.15) is 0 Å². The number of hydrogen-bond donors (Lipinski definition) is 2. The summed E-state index contributed by atoms with van der Waals surface area (Å²) < 4.78 is 2.87. The molecule has 21 heavy (non-hydrogen) atoms. The largest absolute Gasteiger partial charge is 0.337 e. The van der Waals surface area contributed by atoms with E-state index in [9.17, 15) is 0 Å². The third-order valence-corrected chi connectivity index (χ3v) is 4.95. The van der Waals surface area contributed by atoms with Crippen molar-refractivity contribution in [3.05, 3.63) is 50.0 Å². The average molecular weight is 365 g/mol. The second-order valence-electron chi connectivity index (χ2n) is 5.09. The van der Waals surface area contributed by atoms with Crippen LogP contribution in [0.15, 0.2) is 18.3 Å². The molecule has 1 heterocycles. The number of nitrogens with zero attached hydrogens (tertiary/aromatic N) is 1. The highest BCUT2D eigenvalue weighted by Crippen LogP contribution is 2.34. The molecule has 1 aliphatic rings. The van der Waals surface area contributed by atoms with Crippen LogP contribution < -0.4 is 5.73 Å². The van der Waals surface area contributed by atoms with E-state index >= 15 is 0 Å². The highest BCUT2D eigenvalue weighted by Gasteiger charge is 2.23. The summed E-state index contributed by atoms with van der Waals surface area (Å²) in [6.07, 6.45) is 4.82. The first-order valence-electron chi connectivity index (χ1n) is 6.55. The summed E-state index contributed by atoms with van der Waals surface area (Å²) in [6.45, 7) is 0.484. The normalized spacial score (nSPS) is 17.2. The van der Waals surface area contributed by atoms with Crippen LogP contribution in [0.3, 0.4) is 0 Å². The van der Waals surface area contributed by atoms with E-state index in [0.717, 1.165) is 29.7 Å². The average Bonchev–Trinajstić information content (AvgIpc) is 2.81. The number of aromatic nitrogens is 2. The highest BCUT2D eigenvalue weighted by molar-refractivity contribution is 7.71. The van der Waals surface area contributed by atoms with Crippen LogP contribution in [0.2, 0.25) is 10.0 Å². The second-order valence-corrected chi connectivity index (χ2v) is 6.29. The van der Waals surface area contributed by atoms with Crippen molar-refractivity contribution >= 4 is 47.8 Å². The van der Waals surface area contributed by atoms with Gasteiger partial charge in [-0.1, -0.05) is 23.2 Å². The zero-order chi connectivity index (χ0) is 14.3. The molecule has 1 aromatic heterocycles. The quantitative estimate of drug-likeness (QED) is 0.773. The number of nitrogens with two attached hydrogens (primary N) is 1. The molecule has 1 unspecified atom stereocenters. The Morgan fingerprint density at radius 2 is 1.95 bits per heavy atom. The van der Waals surface area contributed by atoms with Gasteiger partial charge in [-0.15, -0.1) is 12.4 Å². The molecule has 0 amide bonds. The molecule has 2 aromatic rings. The number of H-pyrrole nitrogens is 1. The van der Waals surface area contributed by atoms with Gasteiger partial charge in [0.05, 0.1) is 15.7 Å². The molecule has 0 bridgehead atoms. The van der Waals surface area contributed by atoms with E-state index in [1.807, 2.05) is 18.3 Å². The van der Waals surface area contributed by atoms with Crippen LogP contribution in [0.25, 0.3) is 0 Å². The highest BCUT2D eigenvalue weighted by atomic mass is 35.5. The lowest BCUT2D eigenvalue weighted by atomic mass is 9.88. The third-order valence-electron chi connectivity index (χ3n) is 3.91. The molecule has 1 aromatic carbocycles. The summed E-state index contributed by atoms with van der Waals surface area (Å²) >= 11 is 17.6. The van der Waals surface area contributed by atoms with Gasteiger partial charge in [-0.3, -0.25) is 0 Å². The fourth-order valence-corrected chi connectivity index (χ4v) is 3.62. The molecule has 1 atom stereocenters. The van der Waals surface area contributed by atoms with Crippen molar-refractivity contribution in [2.24, 2.45) is 5.73 Å². The van der Waals surface area contributed by atoms with Gasteiger partial charge in [0.25, 0.3) is 0 Å². The first-order chi connectivity index (χ1) is 9.60. The van der Waals surface area contributed by atoms with Crippen molar-refractivity contribution in [1.82, 2.24) is 9.55 Å². The van der Waals surface area contributed by atoms with Crippen molar-refractivity contribution in [1.29, 1.82) is 0 Å². The molecular weight excluding hydrogens is 349 g/mol. The van der Waals surface area contributed by atoms with E-state index < -0.39 is 0 Å². The predicted octanol–water partition coefficient (Wildman–Crippen LogP) is 4.46. The van der Waals surface area contributed by atoms with E-state index in [1.54, 1.807) is 0 Å². The molecule has 1 aliphatic carbocycles. The van der Waals surface area contributed by atoms with E-state index in [1.165, 1.54) is 11.1 Å². The van der Waals surface area contributed by atoms with Crippen LogP contribution in [0, 0.1) is 4.77 Å². The zero-order valence-electron chi connectivity index (χ0n) is 11.2. The van der Waals surface area contributed by atoms with Gasteiger partial charge in [-0.2, -0.15) is 0 Å². The van der Waals surface area contributed by atoms with E-state index in [0.29, 0.717) is 22.6 Å². The van der Waals surface area contributed by atoms with Crippen LogP contribution in [0.1, 0.15) is 29.3 Å². The summed E-state index contributed by atoms with van der Waals surface area (Å²) in [5, 5.41) is 1.24. The van der Waals surface area contributed by atoms with Crippen molar-refractivity contribution in [2.45, 2.75) is 31.8 Å². The lowest BCUT2D eigenvalue weighted by Crippen LogP contribution is -2.21. The maximum absolute atomic E-state index is 6.12. The molecule has 0 fully saturated rings. The topological polar surface area (TPSA) is 46.7 Å². The Labute approximate surface area is 144 Å². The molecule has 0 spiro atoms. The van der Waals surface area contributed by atoms with E-state index in [4.69, 9.17) is 41.2 Å². The zero-order valence-corrected chi connectivity index (χ0v) is 14.4. The van der Waals surface area contributed by atoms with Crippen LogP contribution in [0.4, 0.5) is 0 Å². The smallest absolute Gasteiger partial charge is 0.177 e. The Balaban J connectivity index is 0.00000161. The van der Waals surface area contributed by atoms with Crippen LogP contribution in [-0.4, -0.2) is 9.55 Å². The summed E-state index contributed by atoms with van der Waals surface area (Å²) in [7, 11) is 0. The summed E-state index contributed by atoms with van der Waals surface area (Å²) in [5.74, 6) is 0. The molecule has 0 saturated heterocycles. The first kappa shape index (κ1) is 16.8. The minimum absolute atomic E-state index is 0. The lowest BCUT2D eigenvalue weighted by Gasteiger charge is -2.27. The molecule has 0 saturated carbocycles. The number of fused-ring (bicyclic) bond motifs is 1. The van der Waals surface area contributed by atoms with Gasteiger partial charge in [-0.25, -0.2) is 0 Å². The van der Waals surface area contributed by atoms with Crippen molar-refractivity contribution in [3.8, 4) is 0 Å². The Bertz CT molecular complexity index is 708. The van der Waals surface area contributed by atoms with E-state index in [2.05, 4.69) is 9.55 Å². The number of hydrogen-bond acceptors (Lipinski definition) is 2. The van der Waals surface area contributed by atoms with Gasteiger partial charge in [0.2, 0.25) is 0 Å². The van der Waals surface area contributed by atoms with Crippen LogP contribution >= 0.6 is 47.8 Å². The fraction of sp³-hybridized carbons (Fsp3) is 0.357. The van der Waals surface area contributed by atoms with Gasteiger partial charge < -0.3 is 15.3 Å². The third kappa shape index (κ3) is 3.15. The number of nitrogens with one attached hydrogen (secondary N) is 1. The number of imidazole rings is 1. The second kappa shape index (κ2) is 6.71. The van der Waals surface area contributed by atoms with Gasteiger partial charge in [0.15, 0.2) is 4.77 Å². The maximum Gasteiger partial charge on any atom is 0.177 e. The molecule has 7 heteroatoms. The van der Waals surface area contributed by atoms with Crippen molar-refractivity contribution in [3.63, 3.8) is 0 Å². The van der Waals surface area contributed by atoms with E-state index in [-0.39, 0.29) is 12.4 Å².